The SMILES string of the molecule is CN(C)C(=O)CSC(c1ccc(Br)cc1)c1ccc(Br)cc1. The molecule has 2 aromatic rings. The molecule has 0 bridgehead atoms. The van der Waals surface area contributed by atoms with Gasteiger partial charge in [-0.3, -0.25) is 4.79 Å². The van der Waals surface area contributed by atoms with Crippen LogP contribution in [0.15, 0.2) is 57.5 Å². The Morgan fingerprint density at radius 2 is 1.36 bits per heavy atom. The van der Waals surface area contributed by atoms with Crippen LogP contribution in [0.5, 0.6) is 0 Å². The van der Waals surface area contributed by atoms with Gasteiger partial charge in [-0.05, 0) is 35.4 Å². The molecule has 0 saturated carbocycles. The molecule has 1 amide bonds. The summed E-state index contributed by atoms with van der Waals surface area (Å²) in [5, 5.41) is 0.144. The molecule has 0 N–H and O–H groups in total. The summed E-state index contributed by atoms with van der Waals surface area (Å²) in [4.78, 5) is 13.5. The van der Waals surface area contributed by atoms with Crippen LogP contribution in [0.2, 0.25) is 0 Å². The van der Waals surface area contributed by atoms with Crippen molar-refractivity contribution in [2.75, 3.05) is 19.8 Å². The maximum Gasteiger partial charge on any atom is 0.232 e. The molecule has 2 aromatic carbocycles. The van der Waals surface area contributed by atoms with Gasteiger partial charge in [0.15, 0.2) is 0 Å². The summed E-state index contributed by atoms with van der Waals surface area (Å²) in [6.45, 7) is 0. The first kappa shape index (κ1) is 17.6. The molecule has 0 aliphatic heterocycles. The van der Waals surface area contributed by atoms with Crippen LogP contribution in [0.4, 0.5) is 0 Å². The van der Waals surface area contributed by atoms with E-state index in [0.29, 0.717) is 5.75 Å². The first-order valence-corrected chi connectivity index (χ1v) is 9.43. The zero-order valence-electron chi connectivity index (χ0n) is 12.4. The van der Waals surface area contributed by atoms with Crippen molar-refractivity contribution in [3.63, 3.8) is 0 Å². The smallest absolute Gasteiger partial charge is 0.232 e. The van der Waals surface area contributed by atoms with Crippen molar-refractivity contribution in [3.8, 4) is 0 Å². The van der Waals surface area contributed by atoms with E-state index in [-0.39, 0.29) is 11.2 Å². The van der Waals surface area contributed by atoms with Gasteiger partial charge in [0.1, 0.15) is 0 Å². The van der Waals surface area contributed by atoms with Crippen LogP contribution >= 0.6 is 43.6 Å². The fourth-order valence-corrected chi connectivity index (χ4v) is 3.74. The Labute approximate surface area is 152 Å². The second-order valence-electron chi connectivity index (χ2n) is 5.08. The minimum absolute atomic E-state index is 0.129. The molecule has 0 fully saturated rings. The van der Waals surface area contributed by atoms with Gasteiger partial charge in [0.05, 0.1) is 11.0 Å². The number of amides is 1. The van der Waals surface area contributed by atoms with Crippen molar-refractivity contribution in [3.05, 3.63) is 68.6 Å². The molecule has 2 rings (SSSR count). The number of hydrogen-bond donors (Lipinski definition) is 0. The molecule has 0 radical (unpaired) electrons. The van der Waals surface area contributed by atoms with Crippen LogP contribution in [0.25, 0.3) is 0 Å². The monoisotopic (exact) mass is 441 g/mol. The fourth-order valence-electron chi connectivity index (χ4n) is 1.94. The highest BCUT2D eigenvalue weighted by molar-refractivity contribution is 9.10. The Balaban J connectivity index is 2.25. The second-order valence-corrected chi connectivity index (χ2v) is 8.01. The number of rotatable bonds is 5. The molecule has 116 valence electrons. The predicted molar refractivity (Wildman–Crippen MR) is 101 cm³/mol. The summed E-state index contributed by atoms with van der Waals surface area (Å²) in [7, 11) is 3.58. The summed E-state index contributed by atoms with van der Waals surface area (Å²) in [6.07, 6.45) is 0. The summed E-state index contributed by atoms with van der Waals surface area (Å²) in [5.41, 5.74) is 2.39. The molecule has 0 heterocycles. The molecule has 0 aliphatic carbocycles. The summed E-state index contributed by atoms with van der Waals surface area (Å²) >= 11 is 8.59. The summed E-state index contributed by atoms with van der Waals surface area (Å²) in [6, 6.07) is 16.6. The lowest BCUT2D eigenvalue weighted by Gasteiger charge is -2.19. The topological polar surface area (TPSA) is 20.3 Å². The van der Waals surface area contributed by atoms with E-state index >= 15 is 0 Å². The number of hydrogen-bond acceptors (Lipinski definition) is 2. The normalized spacial score (nSPS) is 10.8. The van der Waals surface area contributed by atoms with E-state index in [1.165, 1.54) is 11.1 Å². The Morgan fingerprint density at radius 1 is 0.955 bits per heavy atom. The lowest BCUT2D eigenvalue weighted by molar-refractivity contribution is -0.125. The quantitative estimate of drug-likeness (QED) is 0.640. The minimum atomic E-state index is 0.129. The van der Waals surface area contributed by atoms with Crippen LogP contribution in [-0.4, -0.2) is 30.7 Å². The van der Waals surface area contributed by atoms with Gasteiger partial charge in [-0.25, -0.2) is 0 Å². The minimum Gasteiger partial charge on any atom is -0.348 e. The molecule has 0 saturated heterocycles. The highest BCUT2D eigenvalue weighted by atomic mass is 79.9. The average molecular weight is 443 g/mol. The van der Waals surface area contributed by atoms with Gasteiger partial charge < -0.3 is 4.90 Å². The molecular weight excluding hydrogens is 426 g/mol. The number of halogens is 2. The fraction of sp³-hybridized carbons (Fsp3) is 0.235. The number of thioether (sulfide) groups is 1. The van der Waals surface area contributed by atoms with Gasteiger partial charge in [-0.15, -0.1) is 11.8 Å². The lowest BCUT2D eigenvalue weighted by atomic mass is 10.0. The van der Waals surface area contributed by atoms with Gasteiger partial charge in [0.2, 0.25) is 5.91 Å². The molecule has 0 atom stereocenters. The van der Waals surface area contributed by atoms with Crippen molar-refractivity contribution in [2.24, 2.45) is 0 Å². The number of benzene rings is 2. The molecule has 22 heavy (non-hydrogen) atoms. The van der Waals surface area contributed by atoms with E-state index in [4.69, 9.17) is 0 Å². The van der Waals surface area contributed by atoms with Crippen molar-refractivity contribution in [2.45, 2.75) is 5.25 Å². The number of carbonyl (C=O) groups is 1. The second kappa shape index (κ2) is 8.18. The Kier molecular flexibility index (Phi) is 6.53. The lowest BCUT2D eigenvalue weighted by Crippen LogP contribution is -2.24. The largest absolute Gasteiger partial charge is 0.348 e. The highest BCUT2D eigenvalue weighted by Crippen LogP contribution is 2.36. The Morgan fingerprint density at radius 3 is 1.73 bits per heavy atom. The number of nitrogens with zero attached hydrogens (tertiary/aromatic N) is 1. The van der Waals surface area contributed by atoms with E-state index in [1.807, 2.05) is 24.3 Å². The van der Waals surface area contributed by atoms with Crippen LogP contribution in [0, 0.1) is 0 Å². The zero-order valence-corrected chi connectivity index (χ0v) is 16.4. The standard InChI is InChI=1S/C17H17Br2NOS/c1-20(2)16(21)11-22-17(12-3-7-14(18)8-4-12)13-5-9-15(19)10-6-13/h3-10,17H,11H2,1-2H3. The van der Waals surface area contributed by atoms with Gasteiger partial charge in [0, 0.05) is 23.0 Å². The van der Waals surface area contributed by atoms with Crippen molar-refractivity contribution in [1.82, 2.24) is 4.90 Å². The van der Waals surface area contributed by atoms with Crippen molar-refractivity contribution >= 4 is 49.5 Å². The predicted octanol–water partition coefficient (Wildman–Crippen LogP) is 5.12. The van der Waals surface area contributed by atoms with E-state index in [2.05, 4.69) is 56.1 Å². The van der Waals surface area contributed by atoms with Crippen LogP contribution in [-0.2, 0) is 4.79 Å². The molecule has 0 spiro atoms. The third-order valence-electron chi connectivity index (χ3n) is 3.22. The van der Waals surface area contributed by atoms with Gasteiger partial charge in [-0.2, -0.15) is 0 Å². The highest BCUT2D eigenvalue weighted by Gasteiger charge is 2.17. The van der Waals surface area contributed by atoms with Crippen molar-refractivity contribution < 1.29 is 4.79 Å². The molecular formula is C17H17Br2NOS. The van der Waals surface area contributed by atoms with Gasteiger partial charge in [0.25, 0.3) is 0 Å². The maximum absolute atomic E-state index is 11.9. The van der Waals surface area contributed by atoms with Crippen molar-refractivity contribution in [1.29, 1.82) is 0 Å². The van der Waals surface area contributed by atoms with Gasteiger partial charge >= 0.3 is 0 Å². The van der Waals surface area contributed by atoms with E-state index in [0.717, 1.165) is 8.95 Å². The third kappa shape index (κ3) is 4.86. The molecule has 0 unspecified atom stereocenters. The van der Waals surface area contributed by atoms with E-state index < -0.39 is 0 Å². The third-order valence-corrected chi connectivity index (χ3v) is 5.57. The van der Waals surface area contributed by atoms with E-state index in [1.54, 1.807) is 30.8 Å². The molecule has 2 nitrogen and oxygen atoms in total. The number of carbonyl (C=O) groups excluding carboxylic acids is 1. The van der Waals surface area contributed by atoms with Gasteiger partial charge in [-0.1, -0.05) is 56.1 Å². The van der Waals surface area contributed by atoms with Crippen LogP contribution in [0.3, 0.4) is 0 Å². The first-order valence-electron chi connectivity index (χ1n) is 6.80. The average Bonchev–Trinajstić information content (AvgIpc) is 2.50. The Bertz CT molecular complexity index is 581. The molecule has 5 heteroatoms. The Hall–Kier alpha value is -0.780. The maximum atomic E-state index is 11.9. The first-order chi connectivity index (χ1) is 10.5. The summed E-state index contributed by atoms with van der Waals surface area (Å²) in [5.74, 6) is 0.591. The van der Waals surface area contributed by atoms with E-state index in [9.17, 15) is 4.79 Å². The molecule has 0 aromatic heterocycles. The van der Waals surface area contributed by atoms with Crippen LogP contribution < -0.4 is 0 Å². The molecule has 0 aliphatic rings. The van der Waals surface area contributed by atoms with Crippen LogP contribution in [0.1, 0.15) is 16.4 Å². The zero-order chi connectivity index (χ0) is 16.1. The summed E-state index contributed by atoms with van der Waals surface area (Å²) < 4.78 is 2.11.